The fourth-order valence-electron chi connectivity index (χ4n) is 4.11. The Hall–Kier alpha value is -1.88. The number of carbonyl (C=O) groups is 2. The van der Waals surface area contributed by atoms with Gasteiger partial charge >= 0.3 is 5.97 Å². The van der Waals surface area contributed by atoms with Crippen LogP contribution >= 0.6 is 0 Å². The zero-order chi connectivity index (χ0) is 17.6. The molecule has 0 spiro atoms. The SMILES string of the molecule is CCOC(=O)C(CNC(=O)C1CC2CCCCC2N1)c1ccccc1. The van der Waals surface area contributed by atoms with Crippen molar-refractivity contribution in [2.24, 2.45) is 5.92 Å². The molecule has 4 atom stereocenters. The van der Waals surface area contributed by atoms with Crippen molar-refractivity contribution in [3.8, 4) is 0 Å². The number of fused-ring (bicyclic) bond motifs is 1. The molecule has 1 aliphatic heterocycles. The Morgan fingerprint density at radius 1 is 1.24 bits per heavy atom. The molecule has 1 aliphatic carbocycles. The lowest BCUT2D eigenvalue weighted by atomic mass is 9.85. The third-order valence-electron chi connectivity index (χ3n) is 5.43. The Kier molecular flexibility index (Phi) is 6.08. The van der Waals surface area contributed by atoms with Crippen molar-refractivity contribution in [2.45, 2.75) is 57.0 Å². The number of benzene rings is 1. The predicted octanol–water partition coefficient (Wildman–Crippen LogP) is 2.37. The van der Waals surface area contributed by atoms with E-state index in [1.165, 1.54) is 25.7 Å². The highest BCUT2D eigenvalue weighted by molar-refractivity contribution is 5.84. The van der Waals surface area contributed by atoms with Crippen LogP contribution < -0.4 is 10.6 Å². The van der Waals surface area contributed by atoms with Gasteiger partial charge in [0.25, 0.3) is 0 Å². The molecule has 3 rings (SSSR count). The third-order valence-corrected chi connectivity index (χ3v) is 5.43. The minimum absolute atomic E-state index is 0.000343. The van der Waals surface area contributed by atoms with Crippen LogP contribution in [0.3, 0.4) is 0 Å². The highest BCUT2D eigenvalue weighted by Gasteiger charge is 2.38. The van der Waals surface area contributed by atoms with E-state index >= 15 is 0 Å². The predicted molar refractivity (Wildman–Crippen MR) is 96.1 cm³/mol. The van der Waals surface area contributed by atoms with Gasteiger partial charge in [-0.25, -0.2) is 0 Å². The van der Waals surface area contributed by atoms with E-state index in [2.05, 4.69) is 10.6 Å². The second-order valence-corrected chi connectivity index (χ2v) is 7.07. The van der Waals surface area contributed by atoms with Gasteiger partial charge in [-0.2, -0.15) is 0 Å². The number of rotatable bonds is 6. The molecular weight excluding hydrogens is 316 g/mol. The number of esters is 1. The number of ether oxygens (including phenoxy) is 1. The molecule has 1 amide bonds. The van der Waals surface area contributed by atoms with Gasteiger partial charge in [-0.1, -0.05) is 43.2 Å². The van der Waals surface area contributed by atoms with Crippen molar-refractivity contribution in [1.29, 1.82) is 0 Å². The first-order chi connectivity index (χ1) is 12.2. The highest BCUT2D eigenvalue weighted by atomic mass is 16.5. The second kappa shape index (κ2) is 8.48. The minimum atomic E-state index is -0.464. The van der Waals surface area contributed by atoms with E-state index in [1.807, 2.05) is 30.3 Å². The van der Waals surface area contributed by atoms with Crippen molar-refractivity contribution in [3.63, 3.8) is 0 Å². The molecule has 0 bridgehead atoms. The molecule has 0 aromatic heterocycles. The fraction of sp³-hybridized carbons (Fsp3) is 0.600. The molecule has 5 nitrogen and oxygen atoms in total. The Morgan fingerprint density at radius 3 is 2.72 bits per heavy atom. The van der Waals surface area contributed by atoms with E-state index in [-0.39, 0.29) is 24.5 Å². The number of amides is 1. The van der Waals surface area contributed by atoms with E-state index in [4.69, 9.17) is 4.74 Å². The number of hydrogen-bond donors (Lipinski definition) is 2. The van der Waals surface area contributed by atoms with Crippen molar-refractivity contribution in [1.82, 2.24) is 10.6 Å². The van der Waals surface area contributed by atoms with Gasteiger partial charge in [0.05, 0.1) is 18.6 Å². The van der Waals surface area contributed by atoms with Crippen LogP contribution in [0.2, 0.25) is 0 Å². The van der Waals surface area contributed by atoms with E-state index in [0.717, 1.165) is 12.0 Å². The van der Waals surface area contributed by atoms with Gasteiger partial charge in [-0.05, 0) is 37.7 Å². The van der Waals surface area contributed by atoms with Gasteiger partial charge in [0.1, 0.15) is 0 Å². The topological polar surface area (TPSA) is 67.4 Å². The number of hydrogen-bond acceptors (Lipinski definition) is 4. The van der Waals surface area contributed by atoms with Gasteiger partial charge < -0.3 is 15.4 Å². The number of carbonyl (C=O) groups excluding carboxylic acids is 2. The maximum atomic E-state index is 12.6. The van der Waals surface area contributed by atoms with E-state index < -0.39 is 5.92 Å². The second-order valence-electron chi connectivity index (χ2n) is 7.07. The Labute approximate surface area is 149 Å². The van der Waals surface area contributed by atoms with Crippen LogP contribution in [0.25, 0.3) is 0 Å². The third kappa shape index (κ3) is 4.40. The van der Waals surface area contributed by atoms with E-state index in [9.17, 15) is 9.59 Å². The van der Waals surface area contributed by atoms with Crippen LogP contribution in [0.4, 0.5) is 0 Å². The maximum Gasteiger partial charge on any atom is 0.315 e. The molecule has 4 unspecified atom stereocenters. The molecule has 136 valence electrons. The molecule has 1 heterocycles. The average molecular weight is 344 g/mol. The normalized spacial score (nSPS) is 26.5. The molecule has 25 heavy (non-hydrogen) atoms. The van der Waals surface area contributed by atoms with E-state index in [0.29, 0.717) is 18.6 Å². The van der Waals surface area contributed by atoms with Crippen LogP contribution in [-0.2, 0) is 14.3 Å². The van der Waals surface area contributed by atoms with Gasteiger partial charge in [-0.15, -0.1) is 0 Å². The lowest BCUT2D eigenvalue weighted by molar-refractivity contribution is -0.144. The summed E-state index contributed by atoms with van der Waals surface area (Å²) in [4.78, 5) is 24.9. The molecule has 1 aromatic carbocycles. The zero-order valence-electron chi connectivity index (χ0n) is 14.9. The van der Waals surface area contributed by atoms with Crippen molar-refractivity contribution >= 4 is 11.9 Å². The van der Waals surface area contributed by atoms with Gasteiger partial charge in [0.2, 0.25) is 5.91 Å². The molecule has 1 saturated carbocycles. The minimum Gasteiger partial charge on any atom is -0.465 e. The summed E-state index contributed by atoms with van der Waals surface area (Å²) in [6.07, 6.45) is 5.82. The summed E-state index contributed by atoms with van der Waals surface area (Å²) in [6, 6.07) is 9.85. The van der Waals surface area contributed by atoms with Crippen LogP contribution in [0.5, 0.6) is 0 Å². The first-order valence-electron chi connectivity index (χ1n) is 9.44. The van der Waals surface area contributed by atoms with Crippen LogP contribution in [0, 0.1) is 5.92 Å². The Bertz CT molecular complexity index is 576. The summed E-state index contributed by atoms with van der Waals surface area (Å²) in [5.74, 6) is -0.130. The summed E-state index contributed by atoms with van der Waals surface area (Å²) in [5.41, 5.74) is 0.870. The van der Waals surface area contributed by atoms with Gasteiger partial charge in [-0.3, -0.25) is 9.59 Å². The summed E-state index contributed by atoms with van der Waals surface area (Å²) in [7, 11) is 0. The monoisotopic (exact) mass is 344 g/mol. The van der Waals surface area contributed by atoms with Gasteiger partial charge in [0, 0.05) is 12.6 Å². The standard InChI is InChI=1S/C20H28N2O3/c1-2-25-20(24)16(14-8-4-3-5-9-14)13-21-19(23)18-12-15-10-6-7-11-17(15)22-18/h3-5,8-9,15-18,22H,2,6-7,10-13H2,1H3,(H,21,23). The quantitative estimate of drug-likeness (QED) is 0.778. The molecule has 2 N–H and O–H groups in total. The molecule has 0 radical (unpaired) electrons. The van der Waals surface area contributed by atoms with Crippen LogP contribution in [0.1, 0.15) is 50.5 Å². The lowest BCUT2D eigenvalue weighted by Crippen LogP contribution is -2.45. The lowest BCUT2D eigenvalue weighted by Gasteiger charge is -2.24. The van der Waals surface area contributed by atoms with Gasteiger partial charge in [0.15, 0.2) is 0 Å². The average Bonchev–Trinajstić information content (AvgIpc) is 3.07. The van der Waals surface area contributed by atoms with Crippen molar-refractivity contribution < 1.29 is 14.3 Å². The van der Waals surface area contributed by atoms with Crippen LogP contribution in [0.15, 0.2) is 30.3 Å². The largest absolute Gasteiger partial charge is 0.465 e. The molecule has 2 aliphatic rings. The first kappa shape index (κ1) is 17.9. The zero-order valence-corrected chi connectivity index (χ0v) is 14.9. The van der Waals surface area contributed by atoms with E-state index in [1.54, 1.807) is 6.92 Å². The first-order valence-corrected chi connectivity index (χ1v) is 9.44. The van der Waals surface area contributed by atoms with Crippen molar-refractivity contribution in [2.75, 3.05) is 13.2 Å². The molecule has 1 saturated heterocycles. The molecule has 2 fully saturated rings. The summed E-state index contributed by atoms with van der Waals surface area (Å²) < 4.78 is 5.19. The Morgan fingerprint density at radius 2 is 2.00 bits per heavy atom. The highest BCUT2D eigenvalue weighted by Crippen LogP contribution is 2.33. The smallest absolute Gasteiger partial charge is 0.315 e. The fourth-order valence-corrected chi connectivity index (χ4v) is 4.11. The maximum absolute atomic E-state index is 12.6. The molecular formula is C20H28N2O3. The molecule has 5 heteroatoms. The summed E-state index contributed by atoms with van der Waals surface area (Å²) in [5, 5.41) is 6.45. The van der Waals surface area contributed by atoms with Crippen LogP contribution in [-0.4, -0.2) is 37.1 Å². The Balaban J connectivity index is 1.59. The summed E-state index contributed by atoms with van der Waals surface area (Å²) >= 11 is 0. The van der Waals surface area contributed by atoms with Crippen molar-refractivity contribution in [3.05, 3.63) is 35.9 Å². The number of nitrogens with one attached hydrogen (secondary N) is 2. The molecule has 1 aromatic rings. The summed E-state index contributed by atoms with van der Waals surface area (Å²) in [6.45, 7) is 2.40.